The van der Waals surface area contributed by atoms with Crippen LogP contribution in [0.3, 0.4) is 0 Å². The summed E-state index contributed by atoms with van der Waals surface area (Å²) in [5.41, 5.74) is 6.81. The van der Waals surface area contributed by atoms with Crippen LogP contribution in [0.2, 0.25) is 0 Å². The third kappa shape index (κ3) is 3.42. The van der Waals surface area contributed by atoms with Gasteiger partial charge < -0.3 is 15.2 Å². The van der Waals surface area contributed by atoms with E-state index in [4.69, 9.17) is 15.2 Å². The molecule has 0 amide bonds. The largest absolute Gasteiger partial charge is 0.492 e. The van der Waals surface area contributed by atoms with Gasteiger partial charge in [-0.1, -0.05) is 0 Å². The first-order valence-corrected chi connectivity index (χ1v) is 7.54. The number of rotatable bonds is 4. The van der Waals surface area contributed by atoms with Gasteiger partial charge in [-0.15, -0.1) is 0 Å². The minimum Gasteiger partial charge on any atom is -0.492 e. The lowest BCUT2D eigenvalue weighted by atomic mass is 9.95. The summed E-state index contributed by atoms with van der Waals surface area (Å²) in [5.74, 6) is 1.54. The quantitative estimate of drug-likeness (QED) is 0.909. The van der Waals surface area contributed by atoms with Gasteiger partial charge in [0, 0.05) is 5.54 Å². The highest BCUT2D eigenvalue weighted by Gasteiger charge is 2.23. The molecule has 1 aromatic rings. The van der Waals surface area contributed by atoms with Crippen LogP contribution >= 0.6 is 15.9 Å². The predicted octanol–water partition coefficient (Wildman–Crippen LogP) is 3.97. The van der Waals surface area contributed by atoms with E-state index in [2.05, 4.69) is 15.9 Å². The van der Waals surface area contributed by atoms with Gasteiger partial charge in [-0.2, -0.15) is 0 Å². The van der Waals surface area contributed by atoms with E-state index in [0.29, 0.717) is 6.10 Å². The Balaban J connectivity index is 2.35. The molecule has 0 aliphatic heterocycles. The van der Waals surface area contributed by atoms with Gasteiger partial charge in [0.05, 0.1) is 17.7 Å². The first kappa shape index (κ1) is 14.7. The van der Waals surface area contributed by atoms with Crippen LogP contribution in [0.5, 0.6) is 11.5 Å². The molecule has 0 aromatic heterocycles. The molecule has 2 rings (SSSR count). The molecule has 19 heavy (non-hydrogen) atoms. The zero-order chi connectivity index (χ0) is 14.0. The molecule has 0 spiro atoms. The Morgan fingerprint density at radius 2 is 1.89 bits per heavy atom. The second-order valence-corrected chi connectivity index (χ2v) is 6.59. The van der Waals surface area contributed by atoms with Gasteiger partial charge in [0.1, 0.15) is 0 Å². The smallest absolute Gasteiger partial charge is 0.174 e. The fraction of sp³-hybridized carbons (Fsp3) is 0.600. The Morgan fingerprint density at radius 3 is 2.42 bits per heavy atom. The van der Waals surface area contributed by atoms with E-state index in [1.165, 1.54) is 12.8 Å². The minimum atomic E-state index is -0.400. The standard InChI is InChI=1S/C15H22BrNO2/c1-15(2,17)10-8-12(16)14(18-3)13(9-10)19-11-6-4-5-7-11/h8-9,11H,4-7,17H2,1-3H3. The lowest BCUT2D eigenvalue weighted by Gasteiger charge is -2.23. The number of hydrogen-bond donors (Lipinski definition) is 1. The average molecular weight is 328 g/mol. The van der Waals surface area contributed by atoms with Gasteiger partial charge in [-0.3, -0.25) is 0 Å². The summed E-state index contributed by atoms with van der Waals surface area (Å²) in [7, 11) is 1.66. The van der Waals surface area contributed by atoms with E-state index >= 15 is 0 Å². The molecule has 1 saturated carbocycles. The average Bonchev–Trinajstić information content (AvgIpc) is 2.80. The van der Waals surface area contributed by atoms with Crippen LogP contribution in [0.4, 0.5) is 0 Å². The van der Waals surface area contributed by atoms with Gasteiger partial charge in [0.2, 0.25) is 0 Å². The van der Waals surface area contributed by atoms with Crippen molar-refractivity contribution in [2.24, 2.45) is 5.73 Å². The van der Waals surface area contributed by atoms with Crippen molar-refractivity contribution in [2.75, 3.05) is 7.11 Å². The maximum atomic E-state index is 6.18. The summed E-state index contributed by atoms with van der Waals surface area (Å²) in [6.45, 7) is 3.97. The normalized spacial score (nSPS) is 16.7. The van der Waals surface area contributed by atoms with Crippen molar-refractivity contribution in [1.29, 1.82) is 0 Å². The third-order valence-electron chi connectivity index (χ3n) is 3.55. The van der Waals surface area contributed by atoms with E-state index in [1.54, 1.807) is 7.11 Å². The van der Waals surface area contributed by atoms with E-state index in [0.717, 1.165) is 34.4 Å². The van der Waals surface area contributed by atoms with Crippen molar-refractivity contribution in [1.82, 2.24) is 0 Å². The molecule has 106 valence electrons. The summed E-state index contributed by atoms with van der Waals surface area (Å²) in [5, 5.41) is 0. The molecular weight excluding hydrogens is 306 g/mol. The fourth-order valence-corrected chi connectivity index (χ4v) is 3.02. The van der Waals surface area contributed by atoms with E-state index < -0.39 is 5.54 Å². The van der Waals surface area contributed by atoms with Gasteiger partial charge in [0.15, 0.2) is 11.5 Å². The molecule has 1 aliphatic carbocycles. The van der Waals surface area contributed by atoms with E-state index in [-0.39, 0.29) is 0 Å². The Kier molecular flexibility index (Phi) is 4.41. The molecule has 3 nitrogen and oxygen atoms in total. The second-order valence-electron chi connectivity index (χ2n) is 5.74. The maximum absolute atomic E-state index is 6.18. The molecule has 0 bridgehead atoms. The summed E-state index contributed by atoms with van der Waals surface area (Å²) in [4.78, 5) is 0. The molecule has 0 atom stereocenters. The summed E-state index contributed by atoms with van der Waals surface area (Å²) in [6, 6.07) is 4.00. The van der Waals surface area contributed by atoms with E-state index in [9.17, 15) is 0 Å². The molecule has 0 heterocycles. The molecular formula is C15H22BrNO2. The van der Waals surface area contributed by atoms with Crippen LogP contribution in [0.15, 0.2) is 16.6 Å². The van der Waals surface area contributed by atoms with Crippen molar-refractivity contribution >= 4 is 15.9 Å². The maximum Gasteiger partial charge on any atom is 0.174 e. The molecule has 2 N–H and O–H groups in total. The SMILES string of the molecule is COc1c(Br)cc(C(C)(C)N)cc1OC1CCCC1. The highest BCUT2D eigenvalue weighted by Crippen LogP contribution is 2.40. The number of benzene rings is 1. The molecule has 4 heteroatoms. The van der Waals surface area contributed by atoms with Gasteiger partial charge in [-0.05, 0) is 73.2 Å². The van der Waals surface area contributed by atoms with Crippen molar-refractivity contribution in [3.63, 3.8) is 0 Å². The Hall–Kier alpha value is -0.740. The predicted molar refractivity (Wildman–Crippen MR) is 80.8 cm³/mol. The molecule has 1 fully saturated rings. The van der Waals surface area contributed by atoms with Crippen LogP contribution in [0.25, 0.3) is 0 Å². The topological polar surface area (TPSA) is 44.5 Å². The summed E-state index contributed by atoms with van der Waals surface area (Å²) >= 11 is 3.54. The molecule has 0 unspecified atom stereocenters. The lowest BCUT2D eigenvalue weighted by molar-refractivity contribution is 0.200. The van der Waals surface area contributed by atoms with Crippen molar-refractivity contribution in [3.05, 3.63) is 22.2 Å². The van der Waals surface area contributed by atoms with Gasteiger partial charge in [0.25, 0.3) is 0 Å². The fourth-order valence-electron chi connectivity index (χ4n) is 2.41. The first-order valence-electron chi connectivity index (χ1n) is 6.75. The van der Waals surface area contributed by atoms with Gasteiger partial charge >= 0.3 is 0 Å². The number of methoxy groups -OCH3 is 1. The zero-order valence-corrected chi connectivity index (χ0v) is 13.4. The summed E-state index contributed by atoms with van der Waals surface area (Å²) in [6.07, 6.45) is 5.04. The monoisotopic (exact) mass is 327 g/mol. The number of halogens is 1. The van der Waals surface area contributed by atoms with Crippen LogP contribution < -0.4 is 15.2 Å². The lowest BCUT2D eigenvalue weighted by Crippen LogP contribution is -2.28. The molecule has 1 aromatic carbocycles. The highest BCUT2D eigenvalue weighted by molar-refractivity contribution is 9.10. The highest BCUT2D eigenvalue weighted by atomic mass is 79.9. The van der Waals surface area contributed by atoms with E-state index in [1.807, 2.05) is 26.0 Å². The zero-order valence-electron chi connectivity index (χ0n) is 11.8. The first-order chi connectivity index (χ1) is 8.91. The Bertz CT molecular complexity index is 448. The van der Waals surface area contributed by atoms with Crippen LogP contribution in [0, 0.1) is 0 Å². The Morgan fingerprint density at radius 1 is 1.26 bits per heavy atom. The Labute approximate surface area is 123 Å². The number of hydrogen-bond acceptors (Lipinski definition) is 3. The number of ether oxygens (including phenoxy) is 2. The van der Waals surface area contributed by atoms with Crippen LogP contribution in [0.1, 0.15) is 45.1 Å². The molecule has 1 aliphatic rings. The molecule has 0 saturated heterocycles. The van der Waals surface area contributed by atoms with Crippen molar-refractivity contribution in [3.8, 4) is 11.5 Å². The van der Waals surface area contributed by atoms with Crippen molar-refractivity contribution < 1.29 is 9.47 Å². The number of nitrogens with two attached hydrogens (primary N) is 1. The van der Waals surface area contributed by atoms with Crippen molar-refractivity contribution in [2.45, 2.75) is 51.2 Å². The second kappa shape index (κ2) is 5.71. The van der Waals surface area contributed by atoms with Gasteiger partial charge in [-0.25, -0.2) is 0 Å². The third-order valence-corrected chi connectivity index (χ3v) is 4.14. The van der Waals surface area contributed by atoms with Crippen LogP contribution in [-0.4, -0.2) is 13.2 Å². The summed E-state index contributed by atoms with van der Waals surface area (Å²) < 4.78 is 12.4. The minimum absolute atomic E-state index is 0.303. The van der Waals surface area contributed by atoms with Crippen LogP contribution in [-0.2, 0) is 5.54 Å². The molecule has 0 radical (unpaired) electrons.